The van der Waals surface area contributed by atoms with Crippen molar-refractivity contribution in [1.82, 2.24) is 0 Å². The maximum Gasteiger partial charge on any atom is 0.153 e. The predicted octanol–water partition coefficient (Wildman–Crippen LogP) is 3.07. The molecule has 2 unspecified atom stereocenters. The molecule has 0 radical (unpaired) electrons. The van der Waals surface area contributed by atoms with E-state index in [1.807, 2.05) is 0 Å². The average Bonchev–Trinajstić information content (AvgIpc) is 2.41. The largest absolute Gasteiger partial charge is 0.369 e. The minimum Gasteiger partial charge on any atom is -0.369 e. The molecule has 0 N–H and O–H groups in total. The second-order valence-corrected chi connectivity index (χ2v) is 6.74. The van der Waals surface area contributed by atoms with Gasteiger partial charge in [0.2, 0.25) is 0 Å². The zero-order valence-corrected chi connectivity index (χ0v) is 13.1. The van der Waals surface area contributed by atoms with Crippen LogP contribution in [-0.2, 0) is 9.59 Å². The van der Waals surface area contributed by atoms with Gasteiger partial charge in [0, 0.05) is 24.7 Å². The summed E-state index contributed by atoms with van der Waals surface area (Å²) in [5, 5.41) is 0. The van der Waals surface area contributed by atoms with Gasteiger partial charge in [0.05, 0.1) is 0 Å². The molecule has 2 bridgehead atoms. The van der Waals surface area contributed by atoms with Crippen LogP contribution in [0.4, 0.5) is 5.69 Å². The molecule has 3 heteroatoms. The lowest BCUT2D eigenvalue weighted by molar-refractivity contribution is -0.146. The van der Waals surface area contributed by atoms with Gasteiger partial charge in [-0.1, -0.05) is 12.5 Å². The molecule has 3 nitrogen and oxygen atoms in total. The standard InChI is InChI=1S/C18H23NO2/c1-12-6-7-16(9-13(12)2)19-10-15-5-4-8-18(11-19,14(3)20)17(15)21/h6-7,9,15H,4-5,8,10-11H2,1-3H3. The molecule has 1 aromatic carbocycles. The number of ketones is 2. The van der Waals surface area contributed by atoms with Crippen LogP contribution >= 0.6 is 0 Å². The summed E-state index contributed by atoms with van der Waals surface area (Å²) in [5.74, 6) is 0.269. The number of benzene rings is 1. The minimum atomic E-state index is -0.750. The Kier molecular flexibility index (Phi) is 3.39. The number of nitrogens with zero attached hydrogens (tertiary/aromatic N) is 1. The van der Waals surface area contributed by atoms with Crippen LogP contribution in [0.2, 0.25) is 0 Å². The average molecular weight is 285 g/mol. The third-order valence-corrected chi connectivity index (χ3v) is 5.43. The van der Waals surface area contributed by atoms with E-state index >= 15 is 0 Å². The molecule has 2 aliphatic rings. The van der Waals surface area contributed by atoms with Crippen LogP contribution in [0.25, 0.3) is 0 Å². The lowest BCUT2D eigenvalue weighted by atomic mass is 9.63. The second-order valence-electron chi connectivity index (χ2n) is 6.74. The molecule has 3 rings (SSSR count). The molecule has 2 atom stereocenters. The zero-order chi connectivity index (χ0) is 15.2. The number of hydrogen-bond donors (Lipinski definition) is 0. The van der Waals surface area contributed by atoms with Gasteiger partial charge in [-0.25, -0.2) is 0 Å². The Morgan fingerprint density at radius 3 is 2.71 bits per heavy atom. The molecule has 0 spiro atoms. The summed E-state index contributed by atoms with van der Waals surface area (Å²) in [6, 6.07) is 6.41. The Balaban J connectivity index is 1.97. The number of aryl methyl sites for hydroxylation is 2. The molecular weight excluding hydrogens is 262 g/mol. The van der Waals surface area contributed by atoms with Crippen molar-refractivity contribution in [2.45, 2.75) is 40.0 Å². The van der Waals surface area contributed by atoms with Crippen molar-refractivity contribution in [2.75, 3.05) is 18.0 Å². The minimum absolute atomic E-state index is 0.0259. The van der Waals surface area contributed by atoms with Crippen molar-refractivity contribution in [3.63, 3.8) is 0 Å². The normalized spacial score (nSPS) is 28.6. The van der Waals surface area contributed by atoms with Gasteiger partial charge in [-0.3, -0.25) is 9.59 Å². The maximum atomic E-state index is 12.6. The Morgan fingerprint density at radius 1 is 1.29 bits per heavy atom. The molecule has 21 heavy (non-hydrogen) atoms. The topological polar surface area (TPSA) is 37.4 Å². The van der Waals surface area contributed by atoms with Crippen LogP contribution in [0.1, 0.15) is 37.3 Å². The summed E-state index contributed by atoms with van der Waals surface area (Å²) >= 11 is 0. The molecule has 112 valence electrons. The van der Waals surface area contributed by atoms with E-state index in [-0.39, 0.29) is 17.5 Å². The smallest absolute Gasteiger partial charge is 0.153 e. The predicted molar refractivity (Wildman–Crippen MR) is 83.6 cm³/mol. The number of anilines is 1. The van der Waals surface area contributed by atoms with Gasteiger partial charge in [-0.15, -0.1) is 0 Å². The zero-order valence-electron chi connectivity index (χ0n) is 13.1. The fraction of sp³-hybridized carbons (Fsp3) is 0.556. The maximum absolute atomic E-state index is 12.6. The van der Waals surface area contributed by atoms with E-state index in [0.29, 0.717) is 6.54 Å². The van der Waals surface area contributed by atoms with Gasteiger partial charge in [-0.05, 0) is 56.9 Å². The Morgan fingerprint density at radius 2 is 2.05 bits per heavy atom. The number of Topliss-reactive ketones (excluding diaryl/α,β-unsaturated/α-hetero) is 2. The number of hydrogen-bond acceptors (Lipinski definition) is 3. The van der Waals surface area contributed by atoms with Crippen molar-refractivity contribution in [3.8, 4) is 0 Å². The summed E-state index contributed by atoms with van der Waals surface area (Å²) in [5.41, 5.74) is 2.92. The van der Waals surface area contributed by atoms with E-state index in [1.54, 1.807) is 6.92 Å². The van der Waals surface area contributed by atoms with Crippen LogP contribution in [0.3, 0.4) is 0 Å². The van der Waals surface area contributed by atoms with Gasteiger partial charge in [-0.2, -0.15) is 0 Å². The van der Waals surface area contributed by atoms with Gasteiger partial charge in [0.25, 0.3) is 0 Å². The lowest BCUT2D eigenvalue weighted by Crippen LogP contribution is -2.59. The fourth-order valence-corrected chi connectivity index (χ4v) is 3.86. The van der Waals surface area contributed by atoms with E-state index in [1.165, 1.54) is 11.1 Å². The van der Waals surface area contributed by atoms with Crippen LogP contribution in [0, 0.1) is 25.2 Å². The highest BCUT2D eigenvalue weighted by atomic mass is 16.2. The van der Waals surface area contributed by atoms with Crippen LogP contribution < -0.4 is 4.90 Å². The first-order valence-corrected chi connectivity index (χ1v) is 7.81. The first-order valence-electron chi connectivity index (χ1n) is 7.81. The molecule has 1 aromatic rings. The molecular formula is C18H23NO2. The van der Waals surface area contributed by atoms with Crippen LogP contribution in [-0.4, -0.2) is 24.7 Å². The van der Waals surface area contributed by atoms with E-state index in [9.17, 15) is 9.59 Å². The summed E-state index contributed by atoms with van der Waals surface area (Å²) in [6.45, 7) is 7.11. The molecule has 2 fully saturated rings. The van der Waals surface area contributed by atoms with Crippen LogP contribution in [0.5, 0.6) is 0 Å². The van der Waals surface area contributed by atoms with Crippen molar-refractivity contribution >= 4 is 17.3 Å². The summed E-state index contributed by atoms with van der Waals surface area (Å²) < 4.78 is 0. The number of carbonyl (C=O) groups excluding carboxylic acids is 2. The highest BCUT2D eigenvalue weighted by molar-refractivity contribution is 6.09. The summed E-state index contributed by atoms with van der Waals surface area (Å²) in [6.07, 6.45) is 2.64. The SMILES string of the molecule is CC(=O)C12CCCC(CN(c3ccc(C)c(C)c3)C1)C2=O. The molecule has 1 saturated carbocycles. The van der Waals surface area contributed by atoms with E-state index < -0.39 is 5.41 Å². The summed E-state index contributed by atoms with van der Waals surface area (Å²) in [7, 11) is 0. The number of piperidine rings is 1. The third-order valence-electron chi connectivity index (χ3n) is 5.43. The number of carbonyl (C=O) groups is 2. The lowest BCUT2D eigenvalue weighted by Gasteiger charge is -2.47. The highest BCUT2D eigenvalue weighted by Crippen LogP contribution is 2.43. The van der Waals surface area contributed by atoms with Crippen LogP contribution in [0.15, 0.2) is 18.2 Å². The van der Waals surface area contributed by atoms with Gasteiger partial charge < -0.3 is 4.90 Å². The monoisotopic (exact) mass is 285 g/mol. The Labute approximate surface area is 126 Å². The van der Waals surface area contributed by atoms with Crippen molar-refractivity contribution in [1.29, 1.82) is 0 Å². The quantitative estimate of drug-likeness (QED) is 0.784. The van der Waals surface area contributed by atoms with Gasteiger partial charge in [0.15, 0.2) is 5.78 Å². The first kappa shape index (κ1) is 14.3. The number of rotatable bonds is 2. The Hall–Kier alpha value is -1.64. The van der Waals surface area contributed by atoms with Crippen molar-refractivity contribution < 1.29 is 9.59 Å². The summed E-state index contributed by atoms with van der Waals surface area (Å²) in [4.78, 5) is 27.1. The molecule has 1 heterocycles. The van der Waals surface area contributed by atoms with Gasteiger partial charge >= 0.3 is 0 Å². The van der Waals surface area contributed by atoms with Gasteiger partial charge in [0.1, 0.15) is 11.2 Å². The van der Waals surface area contributed by atoms with Crippen molar-refractivity contribution in [3.05, 3.63) is 29.3 Å². The molecule has 0 aromatic heterocycles. The van der Waals surface area contributed by atoms with E-state index in [0.717, 1.165) is 31.5 Å². The fourth-order valence-electron chi connectivity index (χ4n) is 3.86. The van der Waals surface area contributed by atoms with E-state index in [4.69, 9.17) is 0 Å². The first-order chi connectivity index (χ1) is 9.94. The second kappa shape index (κ2) is 4.97. The van der Waals surface area contributed by atoms with Crippen molar-refractivity contribution in [2.24, 2.45) is 11.3 Å². The molecule has 0 amide bonds. The highest BCUT2D eigenvalue weighted by Gasteiger charge is 2.52. The molecule has 1 aliphatic carbocycles. The molecule has 1 saturated heterocycles. The third kappa shape index (κ3) is 2.19. The number of fused-ring (bicyclic) bond motifs is 2. The van der Waals surface area contributed by atoms with E-state index in [2.05, 4.69) is 36.9 Å². The Bertz CT molecular complexity index is 607. The molecule has 1 aliphatic heterocycles.